The molecule has 0 aromatic heterocycles. The van der Waals surface area contributed by atoms with Crippen molar-refractivity contribution in [3.05, 3.63) is 27.1 Å². The van der Waals surface area contributed by atoms with E-state index in [4.69, 9.17) is 0 Å². The predicted molar refractivity (Wildman–Crippen MR) is 96.7 cm³/mol. The summed E-state index contributed by atoms with van der Waals surface area (Å²) in [4.78, 5) is 12.0. The minimum atomic E-state index is -3.65. The van der Waals surface area contributed by atoms with E-state index in [1.807, 2.05) is 0 Å². The molecule has 1 aliphatic rings. The number of rotatable bonds is 6. The van der Waals surface area contributed by atoms with Crippen LogP contribution < -0.4 is 10.0 Å². The second-order valence-electron chi connectivity index (χ2n) is 5.62. The minimum Gasteiger partial charge on any atom is -0.353 e. The summed E-state index contributed by atoms with van der Waals surface area (Å²) < 4.78 is 28.2. The van der Waals surface area contributed by atoms with E-state index in [1.54, 1.807) is 12.1 Å². The molecule has 128 valence electrons. The van der Waals surface area contributed by atoms with Crippen LogP contribution in [-0.4, -0.2) is 26.9 Å². The van der Waals surface area contributed by atoms with Crippen LogP contribution in [0, 0.1) is 0 Å². The third-order valence-corrected chi connectivity index (χ3v) is 6.75. The average molecular weight is 468 g/mol. The Morgan fingerprint density at radius 2 is 1.87 bits per heavy atom. The van der Waals surface area contributed by atoms with Crippen LogP contribution in [-0.2, 0) is 14.8 Å². The van der Waals surface area contributed by atoms with Gasteiger partial charge < -0.3 is 5.32 Å². The van der Waals surface area contributed by atoms with Crippen LogP contribution in [0.4, 0.5) is 0 Å². The fraction of sp³-hybridized carbons (Fsp3) is 0.533. The number of nitrogens with one attached hydrogen (secondary N) is 2. The van der Waals surface area contributed by atoms with Crippen LogP contribution in [0.5, 0.6) is 0 Å². The SMILES string of the molecule is O=C(CCNS(=O)(=O)c1cc(Br)ccc1Br)NC1CCCCC1. The topological polar surface area (TPSA) is 75.3 Å². The van der Waals surface area contributed by atoms with Gasteiger partial charge in [-0.2, -0.15) is 0 Å². The molecule has 0 atom stereocenters. The Morgan fingerprint density at radius 1 is 1.17 bits per heavy atom. The number of hydrogen-bond acceptors (Lipinski definition) is 3. The number of carbonyl (C=O) groups excluding carboxylic acids is 1. The van der Waals surface area contributed by atoms with Crippen LogP contribution in [0.3, 0.4) is 0 Å². The summed E-state index contributed by atoms with van der Waals surface area (Å²) in [7, 11) is -3.65. The molecule has 0 radical (unpaired) electrons. The lowest BCUT2D eigenvalue weighted by molar-refractivity contribution is -0.121. The first kappa shape index (κ1) is 18.9. The van der Waals surface area contributed by atoms with Crippen LogP contribution in [0.25, 0.3) is 0 Å². The van der Waals surface area contributed by atoms with Crippen molar-refractivity contribution < 1.29 is 13.2 Å². The maximum Gasteiger partial charge on any atom is 0.241 e. The van der Waals surface area contributed by atoms with Crippen molar-refractivity contribution in [1.29, 1.82) is 0 Å². The van der Waals surface area contributed by atoms with Gasteiger partial charge in [0.2, 0.25) is 15.9 Å². The third-order valence-electron chi connectivity index (χ3n) is 3.80. The lowest BCUT2D eigenvalue weighted by Gasteiger charge is -2.22. The molecule has 0 aliphatic heterocycles. The van der Waals surface area contributed by atoms with E-state index >= 15 is 0 Å². The Hall–Kier alpha value is -0.440. The molecule has 23 heavy (non-hydrogen) atoms. The molecule has 1 aromatic carbocycles. The van der Waals surface area contributed by atoms with Crippen molar-refractivity contribution in [2.24, 2.45) is 0 Å². The lowest BCUT2D eigenvalue weighted by atomic mass is 9.95. The maximum absolute atomic E-state index is 12.3. The summed E-state index contributed by atoms with van der Waals surface area (Å²) in [5, 5.41) is 2.97. The van der Waals surface area contributed by atoms with E-state index in [-0.39, 0.29) is 29.8 Å². The fourth-order valence-electron chi connectivity index (χ4n) is 2.61. The normalized spacial score (nSPS) is 16.3. The Labute approximate surface area is 153 Å². The summed E-state index contributed by atoms with van der Waals surface area (Å²) >= 11 is 6.49. The molecular weight excluding hydrogens is 448 g/mol. The molecule has 0 spiro atoms. The van der Waals surface area contributed by atoms with E-state index < -0.39 is 10.0 Å². The number of benzene rings is 1. The molecular formula is C15H20Br2N2O3S. The smallest absolute Gasteiger partial charge is 0.241 e. The van der Waals surface area contributed by atoms with Crippen molar-refractivity contribution in [3.63, 3.8) is 0 Å². The molecule has 5 nitrogen and oxygen atoms in total. The van der Waals surface area contributed by atoms with Gasteiger partial charge >= 0.3 is 0 Å². The van der Waals surface area contributed by atoms with E-state index in [1.165, 1.54) is 12.5 Å². The first-order valence-corrected chi connectivity index (χ1v) is 10.7. The highest BCUT2D eigenvalue weighted by molar-refractivity contribution is 9.11. The lowest BCUT2D eigenvalue weighted by Crippen LogP contribution is -2.38. The van der Waals surface area contributed by atoms with Gasteiger partial charge in [0, 0.05) is 28.0 Å². The Balaban J connectivity index is 1.84. The molecule has 1 fully saturated rings. The minimum absolute atomic E-state index is 0.0832. The van der Waals surface area contributed by atoms with Crippen molar-refractivity contribution in [2.75, 3.05) is 6.54 Å². The first-order valence-electron chi connectivity index (χ1n) is 7.62. The number of carbonyl (C=O) groups is 1. The largest absolute Gasteiger partial charge is 0.353 e. The number of amides is 1. The molecule has 0 bridgehead atoms. The highest BCUT2D eigenvalue weighted by Crippen LogP contribution is 2.25. The van der Waals surface area contributed by atoms with Gasteiger partial charge in [-0.15, -0.1) is 0 Å². The zero-order chi connectivity index (χ0) is 16.9. The van der Waals surface area contributed by atoms with Gasteiger partial charge in [-0.05, 0) is 47.0 Å². The van der Waals surface area contributed by atoms with Gasteiger partial charge in [-0.25, -0.2) is 13.1 Å². The van der Waals surface area contributed by atoms with E-state index in [9.17, 15) is 13.2 Å². The van der Waals surface area contributed by atoms with Crippen molar-refractivity contribution >= 4 is 47.8 Å². The average Bonchev–Trinajstić information content (AvgIpc) is 2.50. The standard InChI is InChI=1S/C15H20Br2N2O3S/c16-11-6-7-13(17)14(10-11)23(21,22)18-9-8-15(20)19-12-4-2-1-3-5-12/h6-7,10,12,18H,1-5,8-9H2,(H,19,20). The van der Waals surface area contributed by atoms with Crippen LogP contribution >= 0.6 is 31.9 Å². The molecule has 8 heteroatoms. The van der Waals surface area contributed by atoms with E-state index in [2.05, 4.69) is 41.9 Å². The molecule has 0 heterocycles. The fourth-order valence-corrected chi connectivity index (χ4v) is 5.14. The summed E-state index contributed by atoms with van der Waals surface area (Å²) in [6.45, 7) is 0.0832. The zero-order valence-electron chi connectivity index (χ0n) is 12.6. The van der Waals surface area contributed by atoms with Crippen molar-refractivity contribution in [2.45, 2.75) is 49.5 Å². The van der Waals surface area contributed by atoms with Crippen molar-refractivity contribution in [1.82, 2.24) is 10.0 Å². The zero-order valence-corrected chi connectivity index (χ0v) is 16.6. The first-order chi connectivity index (χ1) is 10.9. The van der Waals surface area contributed by atoms with Gasteiger partial charge in [-0.1, -0.05) is 35.2 Å². The highest BCUT2D eigenvalue weighted by Gasteiger charge is 2.19. The Bertz CT molecular complexity index is 659. The summed E-state index contributed by atoms with van der Waals surface area (Å²) in [6.07, 6.45) is 5.70. The molecule has 2 N–H and O–H groups in total. The monoisotopic (exact) mass is 466 g/mol. The quantitative estimate of drug-likeness (QED) is 0.673. The Morgan fingerprint density at radius 3 is 2.57 bits per heavy atom. The molecule has 2 rings (SSSR count). The van der Waals surface area contributed by atoms with Crippen LogP contribution in [0.1, 0.15) is 38.5 Å². The van der Waals surface area contributed by atoms with Gasteiger partial charge in [-0.3, -0.25) is 4.79 Å². The van der Waals surface area contributed by atoms with Gasteiger partial charge in [0.25, 0.3) is 0 Å². The van der Waals surface area contributed by atoms with E-state index in [0.717, 1.165) is 25.7 Å². The summed E-state index contributed by atoms with van der Waals surface area (Å²) in [5.41, 5.74) is 0. The van der Waals surface area contributed by atoms with Gasteiger partial charge in [0.1, 0.15) is 0 Å². The van der Waals surface area contributed by atoms with Crippen molar-refractivity contribution in [3.8, 4) is 0 Å². The number of hydrogen-bond donors (Lipinski definition) is 2. The Kier molecular flexibility index (Phi) is 7.06. The van der Waals surface area contributed by atoms with Gasteiger partial charge in [0.15, 0.2) is 0 Å². The van der Waals surface area contributed by atoms with Crippen LogP contribution in [0.2, 0.25) is 0 Å². The predicted octanol–water partition coefficient (Wildman–Crippen LogP) is 3.33. The summed E-state index contributed by atoms with van der Waals surface area (Å²) in [5.74, 6) is -0.104. The molecule has 0 unspecified atom stereocenters. The van der Waals surface area contributed by atoms with Gasteiger partial charge in [0.05, 0.1) is 4.90 Å². The molecule has 1 amide bonds. The molecule has 0 saturated heterocycles. The van der Waals surface area contributed by atoms with E-state index in [0.29, 0.717) is 8.95 Å². The number of sulfonamides is 1. The third kappa shape index (κ3) is 5.85. The number of halogens is 2. The summed E-state index contributed by atoms with van der Waals surface area (Å²) in [6, 6.07) is 5.18. The molecule has 1 saturated carbocycles. The molecule has 1 aromatic rings. The highest BCUT2D eigenvalue weighted by atomic mass is 79.9. The molecule has 1 aliphatic carbocycles. The maximum atomic E-state index is 12.3. The van der Waals surface area contributed by atoms with Crippen LogP contribution in [0.15, 0.2) is 32.0 Å². The second kappa shape index (κ2) is 8.60. The second-order valence-corrected chi connectivity index (χ2v) is 9.13.